The van der Waals surface area contributed by atoms with E-state index in [9.17, 15) is 0 Å². The van der Waals surface area contributed by atoms with Crippen molar-refractivity contribution in [1.82, 2.24) is 19.7 Å². The predicted molar refractivity (Wildman–Crippen MR) is 101 cm³/mol. The summed E-state index contributed by atoms with van der Waals surface area (Å²) >= 11 is 0. The summed E-state index contributed by atoms with van der Waals surface area (Å²) in [4.78, 5) is 7.25. The van der Waals surface area contributed by atoms with E-state index >= 15 is 0 Å². The lowest BCUT2D eigenvalue weighted by molar-refractivity contribution is 0.415. The second-order valence-corrected chi connectivity index (χ2v) is 7.22. The first kappa shape index (κ1) is 15.6. The number of aromatic nitrogens is 4. The van der Waals surface area contributed by atoms with Crippen LogP contribution >= 0.6 is 0 Å². The van der Waals surface area contributed by atoms with Crippen molar-refractivity contribution in [1.29, 1.82) is 0 Å². The van der Waals surface area contributed by atoms with Crippen LogP contribution in [-0.2, 0) is 13.0 Å². The molecule has 26 heavy (non-hydrogen) atoms. The number of fused-ring (bicyclic) bond motifs is 2. The Balaban J connectivity index is 1.34. The first-order valence-electron chi connectivity index (χ1n) is 9.43. The van der Waals surface area contributed by atoms with E-state index in [2.05, 4.69) is 37.9 Å². The minimum Gasteiger partial charge on any atom is -0.497 e. The molecule has 0 unspecified atom stereocenters. The molecule has 2 aliphatic heterocycles. The summed E-state index contributed by atoms with van der Waals surface area (Å²) in [6, 6.07) is 10.3. The zero-order chi connectivity index (χ0) is 17.5. The first-order valence-corrected chi connectivity index (χ1v) is 9.43. The fourth-order valence-corrected chi connectivity index (χ4v) is 4.23. The Kier molecular flexibility index (Phi) is 3.76. The van der Waals surface area contributed by atoms with Crippen LogP contribution in [0.5, 0.6) is 5.75 Å². The summed E-state index contributed by atoms with van der Waals surface area (Å²) < 4.78 is 7.68. The number of benzene rings is 1. The van der Waals surface area contributed by atoms with Crippen molar-refractivity contribution in [2.24, 2.45) is 0 Å². The Morgan fingerprint density at radius 2 is 1.88 bits per heavy atom. The van der Waals surface area contributed by atoms with Gasteiger partial charge in [0, 0.05) is 43.4 Å². The lowest BCUT2D eigenvalue weighted by Gasteiger charge is -2.32. The SMILES string of the molecule is COc1ccc2ccc(N3CCC(c4nnc5n4CCC5)CC3)nc2c1. The second-order valence-electron chi connectivity index (χ2n) is 7.22. The van der Waals surface area contributed by atoms with Gasteiger partial charge in [0.1, 0.15) is 23.2 Å². The molecule has 5 rings (SSSR count). The molecule has 134 valence electrons. The van der Waals surface area contributed by atoms with Crippen LogP contribution in [0.4, 0.5) is 5.82 Å². The van der Waals surface area contributed by atoms with Crippen molar-refractivity contribution in [3.8, 4) is 5.75 Å². The minimum absolute atomic E-state index is 0.520. The molecule has 3 aromatic rings. The minimum atomic E-state index is 0.520. The molecule has 0 spiro atoms. The number of pyridine rings is 1. The first-order chi connectivity index (χ1) is 12.8. The monoisotopic (exact) mass is 349 g/mol. The van der Waals surface area contributed by atoms with Gasteiger partial charge < -0.3 is 14.2 Å². The van der Waals surface area contributed by atoms with Gasteiger partial charge in [0.05, 0.1) is 12.6 Å². The van der Waals surface area contributed by atoms with Gasteiger partial charge >= 0.3 is 0 Å². The molecule has 1 saturated heterocycles. The zero-order valence-electron chi connectivity index (χ0n) is 15.1. The summed E-state index contributed by atoms with van der Waals surface area (Å²) in [7, 11) is 1.69. The molecule has 4 heterocycles. The van der Waals surface area contributed by atoms with Crippen LogP contribution in [-0.4, -0.2) is 39.9 Å². The number of ether oxygens (including phenoxy) is 1. The number of anilines is 1. The Labute approximate surface area is 152 Å². The van der Waals surface area contributed by atoms with Crippen LogP contribution in [0.15, 0.2) is 30.3 Å². The van der Waals surface area contributed by atoms with Crippen LogP contribution in [0.2, 0.25) is 0 Å². The highest BCUT2D eigenvalue weighted by molar-refractivity contribution is 5.81. The summed E-state index contributed by atoms with van der Waals surface area (Å²) in [5.41, 5.74) is 0.985. The van der Waals surface area contributed by atoms with E-state index in [1.807, 2.05) is 12.1 Å². The predicted octanol–water partition coefficient (Wildman–Crippen LogP) is 3.17. The van der Waals surface area contributed by atoms with Gasteiger partial charge in [0.15, 0.2) is 0 Å². The van der Waals surface area contributed by atoms with E-state index in [-0.39, 0.29) is 0 Å². The van der Waals surface area contributed by atoms with Crippen molar-refractivity contribution in [3.63, 3.8) is 0 Å². The van der Waals surface area contributed by atoms with Crippen LogP contribution in [0.25, 0.3) is 10.9 Å². The third-order valence-electron chi connectivity index (χ3n) is 5.71. The Bertz CT molecular complexity index is 943. The molecule has 0 bridgehead atoms. The number of aryl methyl sites for hydroxylation is 1. The van der Waals surface area contributed by atoms with E-state index in [1.165, 1.54) is 18.1 Å². The lowest BCUT2D eigenvalue weighted by atomic mass is 9.96. The van der Waals surface area contributed by atoms with Crippen molar-refractivity contribution in [2.75, 3.05) is 25.1 Å². The van der Waals surface area contributed by atoms with Crippen molar-refractivity contribution in [3.05, 3.63) is 42.0 Å². The van der Waals surface area contributed by atoms with Gasteiger partial charge in [-0.1, -0.05) is 0 Å². The third kappa shape index (κ3) is 2.60. The normalized spacial score (nSPS) is 17.7. The summed E-state index contributed by atoms with van der Waals surface area (Å²) in [5, 5.41) is 10.0. The molecule has 6 nitrogen and oxygen atoms in total. The van der Waals surface area contributed by atoms with E-state index in [0.717, 1.165) is 61.4 Å². The maximum atomic E-state index is 5.33. The maximum Gasteiger partial charge on any atom is 0.136 e. The molecule has 0 radical (unpaired) electrons. The Morgan fingerprint density at radius 1 is 1.04 bits per heavy atom. The van der Waals surface area contributed by atoms with Crippen LogP contribution < -0.4 is 9.64 Å². The standard InChI is InChI=1S/C20H23N5O/c1-26-16-6-4-14-5-7-18(21-17(14)13-16)24-11-8-15(9-12-24)20-23-22-19-3-2-10-25(19)20/h4-7,13,15H,2-3,8-12H2,1H3. The number of methoxy groups -OCH3 is 1. The van der Waals surface area contributed by atoms with Gasteiger partial charge in [-0.05, 0) is 43.5 Å². The fourth-order valence-electron chi connectivity index (χ4n) is 4.23. The van der Waals surface area contributed by atoms with Crippen molar-refractivity contribution in [2.45, 2.75) is 38.1 Å². The maximum absolute atomic E-state index is 5.33. The fraction of sp³-hybridized carbons (Fsp3) is 0.450. The number of nitrogens with zero attached hydrogens (tertiary/aromatic N) is 5. The molecule has 0 atom stereocenters. The third-order valence-corrected chi connectivity index (χ3v) is 5.71. The van der Waals surface area contributed by atoms with Crippen LogP contribution in [0.1, 0.15) is 36.8 Å². The van der Waals surface area contributed by atoms with Gasteiger partial charge in [0.25, 0.3) is 0 Å². The van der Waals surface area contributed by atoms with Crippen molar-refractivity contribution >= 4 is 16.7 Å². The summed E-state index contributed by atoms with van der Waals surface area (Å²) in [6.07, 6.45) is 4.50. The van der Waals surface area contributed by atoms with Gasteiger partial charge in [-0.15, -0.1) is 10.2 Å². The topological polar surface area (TPSA) is 56.1 Å². The largest absolute Gasteiger partial charge is 0.497 e. The van der Waals surface area contributed by atoms with E-state index in [0.29, 0.717) is 5.92 Å². The molecule has 0 amide bonds. The Morgan fingerprint density at radius 3 is 2.73 bits per heavy atom. The number of hydrogen-bond donors (Lipinski definition) is 0. The molecular weight excluding hydrogens is 326 g/mol. The number of rotatable bonds is 3. The molecule has 1 fully saturated rings. The van der Waals surface area contributed by atoms with E-state index < -0.39 is 0 Å². The van der Waals surface area contributed by atoms with E-state index in [4.69, 9.17) is 9.72 Å². The average Bonchev–Trinajstić information content (AvgIpc) is 3.31. The molecule has 2 aromatic heterocycles. The van der Waals surface area contributed by atoms with Crippen molar-refractivity contribution < 1.29 is 4.74 Å². The highest BCUT2D eigenvalue weighted by Gasteiger charge is 2.28. The summed E-state index contributed by atoms with van der Waals surface area (Å²) in [5.74, 6) is 4.80. The molecule has 1 aromatic carbocycles. The lowest BCUT2D eigenvalue weighted by Crippen LogP contribution is -2.34. The average molecular weight is 349 g/mol. The molecule has 0 N–H and O–H groups in total. The molecule has 0 saturated carbocycles. The quantitative estimate of drug-likeness (QED) is 0.727. The van der Waals surface area contributed by atoms with Gasteiger partial charge in [-0.25, -0.2) is 4.98 Å². The highest BCUT2D eigenvalue weighted by Crippen LogP contribution is 2.31. The highest BCUT2D eigenvalue weighted by atomic mass is 16.5. The van der Waals surface area contributed by atoms with Crippen LogP contribution in [0.3, 0.4) is 0 Å². The number of piperidine rings is 1. The summed E-state index contributed by atoms with van der Waals surface area (Å²) in [6.45, 7) is 3.11. The smallest absolute Gasteiger partial charge is 0.136 e. The number of hydrogen-bond acceptors (Lipinski definition) is 5. The van der Waals surface area contributed by atoms with E-state index in [1.54, 1.807) is 7.11 Å². The molecule has 2 aliphatic rings. The Hall–Kier alpha value is -2.63. The van der Waals surface area contributed by atoms with Gasteiger partial charge in [-0.3, -0.25) is 0 Å². The molecule has 0 aliphatic carbocycles. The molecule has 6 heteroatoms. The molecular formula is C20H23N5O. The zero-order valence-corrected chi connectivity index (χ0v) is 15.1. The van der Waals surface area contributed by atoms with Gasteiger partial charge in [-0.2, -0.15) is 0 Å². The van der Waals surface area contributed by atoms with Crippen LogP contribution in [0, 0.1) is 0 Å². The second kappa shape index (κ2) is 6.27. The van der Waals surface area contributed by atoms with Gasteiger partial charge in [0.2, 0.25) is 0 Å².